The van der Waals surface area contributed by atoms with Crippen molar-refractivity contribution in [2.24, 2.45) is 0 Å². The van der Waals surface area contributed by atoms with E-state index in [0.717, 1.165) is 25.0 Å². The summed E-state index contributed by atoms with van der Waals surface area (Å²) in [4.78, 5) is 15.6. The molecule has 0 amide bonds. The van der Waals surface area contributed by atoms with Crippen LogP contribution in [0.1, 0.15) is 26.2 Å². The zero-order chi connectivity index (χ0) is 23.2. The molecule has 0 spiro atoms. The topological polar surface area (TPSA) is 73.2 Å². The normalized spacial score (nSPS) is 15.0. The lowest BCUT2D eigenvalue weighted by atomic mass is 10.1. The third kappa shape index (κ3) is 5.49. The third-order valence-electron chi connectivity index (χ3n) is 6.08. The third-order valence-corrected chi connectivity index (χ3v) is 6.08. The highest BCUT2D eigenvalue weighted by Gasteiger charge is 2.13. The van der Waals surface area contributed by atoms with Gasteiger partial charge in [-0.3, -0.25) is 14.3 Å². The van der Waals surface area contributed by atoms with Crippen LogP contribution in [0.15, 0.2) is 53.5 Å². The van der Waals surface area contributed by atoms with Crippen LogP contribution in [0, 0.1) is 0 Å². The van der Waals surface area contributed by atoms with E-state index >= 15 is 0 Å². The number of aromatic nitrogens is 1. The lowest BCUT2D eigenvalue weighted by Crippen LogP contribution is -2.25. The fourth-order valence-electron chi connectivity index (χ4n) is 4.05. The van der Waals surface area contributed by atoms with E-state index in [1.165, 1.54) is 12.8 Å². The molecule has 7 nitrogen and oxygen atoms in total. The number of aliphatic hydroxyl groups excluding tert-OH is 1. The molecule has 3 aromatic rings. The SMILES string of the molecule is CCC(O)COc1ccc2c(=O)n(-c3ccc(OCCN4CCCC4)c(OC)c3)ccc2c1. The smallest absolute Gasteiger partial charge is 0.262 e. The van der Waals surface area contributed by atoms with Gasteiger partial charge in [-0.1, -0.05) is 6.92 Å². The van der Waals surface area contributed by atoms with Gasteiger partial charge in [-0.25, -0.2) is 0 Å². The molecule has 4 rings (SSSR count). The fraction of sp³-hybridized carbons (Fsp3) is 0.423. The van der Waals surface area contributed by atoms with Gasteiger partial charge in [0.15, 0.2) is 11.5 Å². The van der Waals surface area contributed by atoms with E-state index in [0.29, 0.717) is 41.3 Å². The van der Waals surface area contributed by atoms with Gasteiger partial charge < -0.3 is 19.3 Å². The number of hydrogen-bond acceptors (Lipinski definition) is 6. The van der Waals surface area contributed by atoms with E-state index < -0.39 is 6.10 Å². The summed E-state index contributed by atoms with van der Waals surface area (Å²) in [6.45, 7) is 5.91. The van der Waals surface area contributed by atoms with Gasteiger partial charge in [0, 0.05) is 24.2 Å². The first-order valence-corrected chi connectivity index (χ1v) is 11.6. The molecule has 2 aromatic carbocycles. The summed E-state index contributed by atoms with van der Waals surface area (Å²) in [5.74, 6) is 1.90. The molecule has 1 unspecified atom stereocenters. The van der Waals surface area contributed by atoms with Crippen molar-refractivity contribution in [1.82, 2.24) is 9.47 Å². The first-order valence-electron chi connectivity index (χ1n) is 11.6. The van der Waals surface area contributed by atoms with Gasteiger partial charge in [-0.05, 0) is 74.1 Å². The number of fused-ring (bicyclic) bond motifs is 1. The molecule has 33 heavy (non-hydrogen) atoms. The summed E-state index contributed by atoms with van der Waals surface area (Å²) in [6, 6.07) is 12.8. The second-order valence-electron chi connectivity index (χ2n) is 8.35. The number of aliphatic hydroxyl groups is 1. The van der Waals surface area contributed by atoms with Gasteiger partial charge in [0.2, 0.25) is 0 Å². The molecular formula is C26H32N2O5. The standard InChI is InChI=1S/C26H32N2O5/c1-3-21(29)18-33-22-7-8-23-19(16-22)10-13-28(26(23)30)20-6-9-24(25(17-20)31-2)32-15-14-27-11-4-5-12-27/h6-10,13,16-17,21,29H,3-5,11-12,14-15,18H2,1-2H3. The minimum absolute atomic E-state index is 0.127. The fourth-order valence-corrected chi connectivity index (χ4v) is 4.05. The molecular weight excluding hydrogens is 420 g/mol. The Kier molecular flexibility index (Phi) is 7.52. The summed E-state index contributed by atoms with van der Waals surface area (Å²) >= 11 is 0. The average Bonchev–Trinajstić information content (AvgIpc) is 3.36. The maximum absolute atomic E-state index is 13.2. The number of likely N-dealkylation sites (tertiary alicyclic amines) is 1. The monoisotopic (exact) mass is 452 g/mol. The molecule has 176 valence electrons. The van der Waals surface area contributed by atoms with E-state index in [1.54, 1.807) is 30.0 Å². The maximum atomic E-state index is 13.2. The highest BCUT2D eigenvalue weighted by atomic mass is 16.5. The van der Waals surface area contributed by atoms with Gasteiger partial charge >= 0.3 is 0 Å². The average molecular weight is 453 g/mol. The van der Waals surface area contributed by atoms with Crippen molar-refractivity contribution in [3.63, 3.8) is 0 Å². The van der Waals surface area contributed by atoms with Crippen LogP contribution in [-0.4, -0.2) is 60.6 Å². The summed E-state index contributed by atoms with van der Waals surface area (Å²) in [5.41, 5.74) is 0.578. The highest BCUT2D eigenvalue weighted by Crippen LogP contribution is 2.29. The lowest BCUT2D eigenvalue weighted by molar-refractivity contribution is 0.104. The second kappa shape index (κ2) is 10.7. The Morgan fingerprint density at radius 3 is 2.61 bits per heavy atom. The Morgan fingerprint density at radius 1 is 1.03 bits per heavy atom. The van der Waals surface area contributed by atoms with Crippen LogP contribution in [0.5, 0.6) is 17.2 Å². The summed E-state index contributed by atoms with van der Waals surface area (Å²) in [5, 5.41) is 11.1. The molecule has 0 radical (unpaired) electrons. The van der Waals surface area contributed by atoms with Gasteiger partial charge in [0.1, 0.15) is 19.0 Å². The maximum Gasteiger partial charge on any atom is 0.262 e. The molecule has 2 heterocycles. The zero-order valence-corrected chi connectivity index (χ0v) is 19.3. The number of rotatable bonds is 10. The van der Waals surface area contributed by atoms with E-state index in [1.807, 2.05) is 37.3 Å². The Hall–Kier alpha value is -3.03. The van der Waals surface area contributed by atoms with Crippen LogP contribution in [0.4, 0.5) is 0 Å². The Labute approximate surface area is 194 Å². The molecule has 1 N–H and O–H groups in total. The first-order chi connectivity index (χ1) is 16.1. The highest BCUT2D eigenvalue weighted by molar-refractivity contribution is 5.83. The van der Waals surface area contributed by atoms with Gasteiger partial charge in [0.05, 0.1) is 18.9 Å². The number of benzene rings is 2. The molecule has 1 aliphatic rings. The second-order valence-corrected chi connectivity index (χ2v) is 8.35. The van der Waals surface area contributed by atoms with Crippen molar-refractivity contribution in [2.75, 3.05) is 40.0 Å². The van der Waals surface area contributed by atoms with Crippen LogP contribution in [0.3, 0.4) is 0 Å². The first kappa shape index (κ1) is 23.1. The molecule has 0 saturated carbocycles. The minimum Gasteiger partial charge on any atom is -0.493 e. The predicted molar refractivity (Wildman–Crippen MR) is 129 cm³/mol. The quantitative estimate of drug-likeness (QED) is 0.507. The number of nitrogens with zero attached hydrogens (tertiary/aromatic N) is 2. The van der Waals surface area contributed by atoms with E-state index in [4.69, 9.17) is 14.2 Å². The number of ether oxygens (including phenoxy) is 3. The van der Waals surface area contributed by atoms with Crippen LogP contribution >= 0.6 is 0 Å². The van der Waals surface area contributed by atoms with Crippen molar-refractivity contribution < 1.29 is 19.3 Å². The number of pyridine rings is 1. The Balaban J connectivity index is 1.52. The molecule has 1 aromatic heterocycles. The molecule has 7 heteroatoms. The van der Waals surface area contributed by atoms with Crippen LogP contribution in [0.2, 0.25) is 0 Å². The molecule has 1 saturated heterocycles. The van der Waals surface area contributed by atoms with Gasteiger partial charge in [0.25, 0.3) is 5.56 Å². The van der Waals surface area contributed by atoms with E-state index in [2.05, 4.69) is 4.90 Å². The molecule has 0 aliphatic carbocycles. The van der Waals surface area contributed by atoms with Crippen molar-refractivity contribution >= 4 is 10.8 Å². The summed E-state index contributed by atoms with van der Waals surface area (Å²) in [6.07, 6.45) is 4.39. The largest absolute Gasteiger partial charge is 0.493 e. The minimum atomic E-state index is -0.504. The van der Waals surface area contributed by atoms with Gasteiger partial charge in [-0.2, -0.15) is 0 Å². The zero-order valence-electron chi connectivity index (χ0n) is 19.3. The summed E-state index contributed by atoms with van der Waals surface area (Å²) in [7, 11) is 1.60. The van der Waals surface area contributed by atoms with Crippen LogP contribution < -0.4 is 19.8 Å². The summed E-state index contributed by atoms with van der Waals surface area (Å²) < 4.78 is 18.7. The number of methoxy groups -OCH3 is 1. The van der Waals surface area contributed by atoms with Crippen molar-refractivity contribution in [1.29, 1.82) is 0 Å². The number of hydrogen-bond donors (Lipinski definition) is 1. The molecule has 1 fully saturated rings. The molecule has 1 aliphatic heterocycles. The van der Waals surface area contributed by atoms with Gasteiger partial charge in [-0.15, -0.1) is 0 Å². The van der Waals surface area contributed by atoms with Crippen molar-refractivity contribution in [2.45, 2.75) is 32.3 Å². The Morgan fingerprint density at radius 2 is 1.85 bits per heavy atom. The Bertz CT molecular complexity index is 1140. The van der Waals surface area contributed by atoms with Crippen molar-refractivity contribution in [3.05, 3.63) is 59.0 Å². The van der Waals surface area contributed by atoms with Crippen LogP contribution in [0.25, 0.3) is 16.5 Å². The molecule has 0 bridgehead atoms. The van der Waals surface area contributed by atoms with Crippen LogP contribution in [-0.2, 0) is 0 Å². The van der Waals surface area contributed by atoms with E-state index in [9.17, 15) is 9.90 Å². The van der Waals surface area contributed by atoms with E-state index in [-0.39, 0.29) is 12.2 Å². The predicted octanol–water partition coefficient (Wildman–Crippen LogP) is 3.62. The lowest BCUT2D eigenvalue weighted by Gasteiger charge is -2.17. The van der Waals surface area contributed by atoms with Crippen molar-refractivity contribution in [3.8, 4) is 22.9 Å². The molecule has 1 atom stereocenters.